The van der Waals surface area contributed by atoms with Gasteiger partial charge in [-0.2, -0.15) is 0 Å². The van der Waals surface area contributed by atoms with E-state index in [2.05, 4.69) is 228 Å². The van der Waals surface area contributed by atoms with Gasteiger partial charge in [-0.05, 0) is 87.5 Å². The number of rotatable bonds is 7. The molecule has 0 aliphatic carbocycles. The number of hydrogen-bond donors (Lipinski definition) is 0. The van der Waals surface area contributed by atoms with Crippen LogP contribution in [-0.4, -0.2) is 4.40 Å². The molecule has 0 spiro atoms. The highest BCUT2D eigenvalue weighted by Crippen LogP contribution is 2.44. The fraction of sp³-hybridized carbons (Fsp3) is 0. The Morgan fingerprint density at radius 2 is 0.750 bits per heavy atom. The third-order valence-electron chi connectivity index (χ3n) is 11.3. The van der Waals surface area contributed by atoms with Crippen LogP contribution >= 0.6 is 0 Å². The molecule has 0 aliphatic rings. The first-order valence-corrected chi connectivity index (χ1v) is 19.3. The van der Waals surface area contributed by atoms with Crippen molar-refractivity contribution in [3.05, 3.63) is 218 Å². The predicted octanol–water partition coefficient (Wildman–Crippen LogP) is 15.0. The van der Waals surface area contributed by atoms with E-state index in [4.69, 9.17) is 0 Å². The van der Waals surface area contributed by atoms with Crippen molar-refractivity contribution in [2.75, 3.05) is 4.90 Å². The molecule has 2 heteroatoms. The Morgan fingerprint density at radius 3 is 1.43 bits per heavy atom. The van der Waals surface area contributed by atoms with Gasteiger partial charge < -0.3 is 9.30 Å². The minimum atomic E-state index is 1.10. The van der Waals surface area contributed by atoms with Crippen LogP contribution in [0.3, 0.4) is 0 Å². The van der Waals surface area contributed by atoms with Crippen molar-refractivity contribution in [2.24, 2.45) is 0 Å². The molecule has 56 heavy (non-hydrogen) atoms. The Balaban J connectivity index is 1.04. The molecule has 0 radical (unpaired) electrons. The molecular formula is C54H36N2. The molecule has 0 bridgehead atoms. The van der Waals surface area contributed by atoms with Gasteiger partial charge in [0.1, 0.15) is 0 Å². The van der Waals surface area contributed by atoms with Crippen molar-refractivity contribution in [3.8, 4) is 44.5 Å². The Bertz CT molecular complexity index is 3080. The molecular weight excluding hydrogens is 677 g/mol. The van der Waals surface area contributed by atoms with Crippen molar-refractivity contribution in [2.45, 2.75) is 0 Å². The summed E-state index contributed by atoms with van der Waals surface area (Å²) in [4.78, 5) is 2.39. The SMILES string of the molecule is c1ccc(-c2ccc(N(c3ccc(-c4ccccc4)cc3)c3ccccc3-c3cccc(-c4ccc5c6cccc7c8ccccc8n(c5c4)c76)c3)cc2)cc1. The average molecular weight is 713 g/mol. The van der Waals surface area contributed by atoms with Gasteiger partial charge in [0.05, 0.1) is 22.2 Å². The van der Waals surface area contributed by atoms with E-state index in [0.29, 0.717) is 0 Å². The van der Waals surface area contributed by atoms with Gasteiger partial charge in [-0.3, -0.25) is 0 Å². The van der Waals surface area contributed by atoms with E-state index in [-0.39, 0.29) is 0 Å². The molecule has 0 N–H and O–H groups in total. The Kier molecular flexibility index (Phi) is 7.53. The molecule has 0 aliphatic heterocycles. The summed E-state index contributed by atoms with van der Waals surface area (Å²) in [5.41, 5.74) is 16.7. The molecule has 9 aromatic carbocycles. The lowest BCUT2D eigenvalue weighted by Crippen LogP contribution is -2.11. The van der Waals surface area contributed by atoms with Gasteiger partial charge in [0.25, 0.3) is 0 Å². The minimum Gasteiger partial charge on any atom is -0.310 e. The lowest BCUT2D eigenvalue weighted by atomic mass is 9.96. The number of benzene rings is 9. The van der Waals surface area contributed by atoms with Crippen LogP contribution < -0.4 is 4.90 Å². The topological polar surface area (TPSA) is 7.65 Å². The minimum absolute atomic E-state index is 1.10. The first kappa shape index (κ1) is 32.0. The number of hydrogen-bond acceptors (Lipinski definition) is 1. The third-order valence-corrected chi connectivity index (χ3v) is 11.3. The van der Waals surface area contributed by atoms with Crippen LogP contribution in [0.2, 0.25) is 0 Å². The first-order valence-electron chi connectivity index (χ1n) is 19.3. The van der Waals surface area contributed by atoms with E-state index in [9.17, 15) is 0 Å². The summed E-state index contributed by atoms with van der Waals surface area (Å²) >= 11 is 0. The summed E-state index contributed by atoms with van der Waals surface area (Å²) in [5, 5.41) is 5.20. The number of nitrogens with zero attached hydrogens (tertiary/aromatic N) is 2. The maximum absolute atomic E-state index is 2.46. The molecule has 11 rings (SSSR count). The fourth-order valence-electron chi connectivity index (χ4n) is 8.68. The van der Waals surface area contributed by atoms with Gasteiger partial charge in [0.15, 0.2) is 0 Å². The van der Waals surface area contributed by atoms with Crippen molar-refractivity contribution >= 4 is 55.2 Å². The zero-order chi connectivity index (χ0) is 37.0. The molecule has 2 nitrogen and oxygen atoms in total. The van der Waals surface area contributed by atoms with E-state index < -0.39 is 0 Å². The van der Waals surface area contributed by atoms with Crippen LogP contribution in [0, 0.1) is 0 Å². The fourth-order valence-corrected chi connectivity index (χ4v) is 8.68. The van der Waals surface area contributed by atoms with Crippen molar-refractivity contribution < 1.29 is 0 Å². The zero-order valence-electron chi connectivity index (χ0n) is 30.7. The number of fused-ring (bicyclic) bond motifs is 6. The Morgan fingerprint density at radius 1 is 0.286 bits per heavy atom. The summed E-state index contributed by atoms with van der Waals surface area (Å²) in [7, 11) is 0. The number of para-hydroxylation sites is 3. The molecule has 11 aromatic rings. The normalized spacial score (nSPS) is 11.6. The van der Waals surface area contributed by atoms with Gasteiger partial charge in [0.2, 0.25) is 0 Å². The molecule has 2 heterocycles. The lowest BCUT2D eigenvalue weighted by molar-refractivity contribution is 1.28. The van der Waals surface area contributed by atoms with E-state index in [1.54, 1.807) is 0 Å². The van der Waals surface area contributed by atoms with Crippen molar-refractivity contribution in [1.82, 2.24) is 4.40 Å². The molecule has 0 fully saturated rings. The van der Waals surface area contributed by atoms with Gasteiger partial charge >= 0.3 is 0 Å². The van der Waals surface area contributed by atoms with Crippen LogP contribution in [0.15, 0.2) is 218 Å². The highest BCUT2D eigenvalue weighted by molar-refractivity contribution is 6.23. The summed E-state index contributed by atoms with van der Waals surface area (Å²) in [5.74, 6) is 0. The van der Waals surface area contributed by atoms with E-state index in [0.717, 1.165) is 17.1 Å². The molecule has 0 atom stereocenters. The van der Waals surface area contributed by atoms with Crippen molar-refractivity contribution in [1.29, 1.82) is 0 Å². The van der Waals surface area contributed by atoms with Gasteiger partial charge in [-0.25, -0.2) is 0 Å². The number of anilines is 3. The van der Waals surface area contributed by atoms with Gasteiger partial charge in [0, 0.05) is 38.5 Å². The van der Waals surface area contributed by atoms with Gasteiger partial charge in [-0.15, -0.1) is 0 Å². The maximum Gasteiger partial charge on any atom is 0.0620 e. The smallest absolute Gasteiger partial charge is 0.0620 e. The Labute approximate surface area is 326 Å². The maximum atomic E-state index is 2.46. The van der Waals surface area contributed by atoms with E-state index >= 15 is 0 Å². The molecule has 0 unspecified atom stereocenters. The number of aromatic nitrogens is 1. The quantitative estimate of drug-likeness (QED) is 0.160. The molecule has 0 saturated carbocycles. The van der Waals surface area contributed by atoms with Crippen LogP contribution in [-0.2, 0) is 0 Å². The standard InChI is InChI=1S/C54H36N2/c1-3-13-37(14-4-1)39-25-30-44(31-26-39)55(45-32-27-40(28-33-45)38-15-5-2-6-16-38)51-23-9-7-19-46(51)43-18-11-17-41(35-43)42-29-34-48-50-22-12-21-49-47-20-8-10-24-52(47)56(54(49)50)53(48)36-42/h1-36H. The monoisotopic (exact) mass is 712 g/mol. The van der Waals surface area contributed by atoms with Crippen LogP contribution in [0.1, 0.15) is 0 Å². The molecule has 2 aromatic heterocycles. The molecule has 0 amide bonds. The second-order valence-electron chi connectivity index (χ2n) is 14.5. The Hall–Kier alpha value is -7.42. The molecule has 0 saturated heterocycles. The summed E-state index contributed by atoms with van der Waals surface area (Å²) in [6, 6.07) is 79.3. The van der Waals surface area contributed by atoms with Crippen LogP contribution in [0.4, 0.5) is 17.1 Å². The van der Waals surface area contributed by atoms with Gasteiger partial charge in [-0.1, -0.05) is 170 Å². The van der Waals surface area contributed by atoms with E-state index in [1.165, 1.54) is 82.6 Å². The second kappa shape index (κ2) is 13.2. The van der Waals surface area contributed by atoms with E-state index in [1.807, 2.05) is 0 Å². The van der Waals surface area contributed by atoms with Crippen LogP contribution in [0.5, 0.6) is 0 Å². The largest absolute Gasteiger partial charge is 0.310 e. The third kappa shape index (κ3) is 5.26. The zero-order valence-corrected chi connectivity index (χ0v) is 30.7. The summed E-state index contributed by atoms with van der Waals surface area (Å²) in [6.45, 7) is 0. The van der Waals surface area contributed by atoms with Crippen LogP contribution in [0.25, 0.3) is 82.6 Å². The average Bonchev–Trinajstić information content (AvgIpc) is 3.80. The van der Waals surface area contributed by atoms with Crippen molar-refractivity contribution in [3.63, 3.8) is 0 Å². The highest BCUT2D eigenvalue weighted by Gasteiger charge is 2.20. The predicted molar refractivity (Wildman–Crippen MR) is 238 cm³/mol. The summed E-state index contributed by atoms with van der Waals surface area (Å²) in [6.07, 6.45) is 0. The summed E-state index contributed by atoms with van der Waals surface area (Å²) < 4.78 is 2.46. The first-order chi connectivity index (χ1) is 27.8. The second-order valence-corrected chi connectivity index (χ2v) is 14.5. The lowest BCUT2D eigenvalue weighted by Gasteiger charge is -2.28. The highest BCUT2D eigenvalue weighted by atomic mass is 15.1. The molecule has 262 valence electrons.